The van der Waals surface area contributed by atoms with E-state index in [4.69, 9.17) is 5.11 Å². The quantitative estimate of drug-likeness (QED) is 0.747. The molecule has 1 unspecified atom stereocenters. The van der Waals surface area contributed by atoms with Crippen LogP contribution >= 0.6 is 11.5 Å². The van der Waals surface area contributed by atoms with Crippen molar-refractivity contribution in [2.75, 3.05) is 6.61 Å². The number of hydrogen-bond donors (Lipinski definition) is 2. The smallest absolute Gasteiger partial charge is 0.264 e. The van der Waals surface area contributed by atoms with Crippen molar-refractivity contribution in [2.24, 2.45) is 0 Å². The van der Waals surface area contributed by atoms with Gasteiger partial charge in [-0.3, -0.25) is 4.79 Å². The highest BCUT2D eigenvalue weighted by molar-refractivity contribution is 7.07. The third kappa shape index (κ3) is 3.39. The van der Waals surface area contributed by atoms with Gasteiger partial charge in [0.1, 0.15) is 4.88 Å². The van der Waals surface area contributed by atoms with Gasteiger partial charge in [-0.1, -0.05) is 4.49 Å². The van der Waals surface area contributed by atoms with Gasteiger partial charge in [0.05, 0.1) is 6.20 Å². The fourth-order valence-electron chi connectivity index (χ4n) is 1.03. The molecule has 1 atom stereocenters. The largest absolute Gasteiger partial charge is 0.396 e. The van der Waals surface area contributed by atoms with Crippen LogP contribution in [0.4, 0.5) is 0 Å². The lowest BCUT2D eigenvalue weighted by Gasteiger charge is -2.11. The number of aliphatic hydroxyl groups excluding tert-OH is 1. The van der Waals surface area contributed by atoms with E-state index in [9.17, 15) is 4.79 Å². The molecule has 1 aromatic heterocycles. The van der Waals surface area contributed by atoms with Crippen molar-refractivity contribution in [3.8, 4) is 0 Å². The van der Waals surface area contributed by atoms with Crippen LogP contribution in [-0.4, -0.2) is 33.2 Å². The van der Waals surface area contributed by atoms with Crippen LogP contribution < -0.4 is 5.32 Å². The molecule has 0 fully saturated rings. The number of carbonyl (C=O) groups excluding carboxylic acids is 1. The van der Waals surface area contributed by atoms with E-state index < -0.39 is 0 Å². The molecule has 1 amide bonds. The molecule has 6 heteroatoms. The first-order valence-corrected chi connectivity index (χ1v) is 5.20. The highest BCUT2D eigenvalue weighted by Gasteiger charge is 2.11. The first kappa shape index (κ1) is 11.1. The van der Waals surface area contributed by atoms with Crippen LogP contribution in [0.25, 0.3) is 0 Å². The van der Waals surface area contributed by atoms with E-state index in [1.807, 2.05) is 6.92 Å². The van der Waals surface area contributed by atoms with Gasteiger partial charge >= 0.3 is 0 Å². The Bertz CT molecular complexity index is 276. The van der Waals surface area contributed by atoms with E-state index in [0.717, 1.165) is 18.0 Å². The summed E-state index contributed by atoms with van der Waals surface area (Å²) in [6.07, 6.45) is 2.91. The Morgan fingerprint density at radius 2 is 2.57 bits per heavy atom. The van der Waals surface area contributed by atoms with Crippen molar-refractivity contribution in [1.82, 2.24) is 14.9 Å². The van der Waals surface area contributed by atoms with E-state index in [0.29, 0.717) is 11.3 Å². The molecule has 0 aliphatic heterocycles. The fraction of sp³-hybridized carbons (Fsp3) is 0.625. The lowest BCUT2D eigenvalue weighted by atomic mass is 10.2. The summed E-state index contributed by atoms with van der Waals surface area (Å²) in [5.41, 5.74) is 0. The van der Waals surface area contributed by atoms with Gasteiger partial charge in [0.15, 0.2) is 0 Å². The lowest BCUT2D eigenvalue weighted by Crippen LogP contribution is -2.32. The Balaban J connectivity index is 2.34. The Labute approximate surface area is 86.3 Å². The van der Waals surface area contributed by atoms with Crippen molar-refractivity contribution in [3.05, 3.63) is 11.1 Å². The average molecular weight is 215 g/mol. The minimum Gasteiger partial charge on any atom is -0.396 e. The summed E-state index contributed by atoms with van der Waals surface area (Å²) in [6.45, 7) is 2.06. The van der Waals surface area contributed by atoms with Crippen molar-refractivity contribution >= 4 is 17.4 Å². The van der Waals surface area contributed by atoms with E-state index in [1.165, 1.54) is 6.20 Å². The molecule has 0 aliphatic carbocycles. The van der Waals surface area contributed by atoms with E-state index in [2.05, 4.69) is 14.9 Å². The number of amides is 1. The molecule has 14 heavy (non-hydrogen) atoms. The first-order chi connectivity index (χ1) is 6.74. The van der Waals surface area contributed by atoms with Crippen LogP contribution in [0.15, 0.2) is 6.20 Å². The summed E-state index contributed by atoms with van der Waals surface area (Å²) in [7, 11) is 0. The lowest BCUT2D eigenvalue weighted by molar-refractivity contribution is 0.0940. The third-order valence-electron chi connectivity index (χ3n) is 1.76. The van der Waals surface area contributed by atoms with Crippen LogP contribution in [0, 0.1) is 0 Å². The molecule has 0 radical (unpaired) electrons. The molecule has 0 aliphatic rings. The van der Waals surface area contributed by atoms with E-state index in [-0.39, 0.29) is 18.6 Å². The Hall–Kier alpha value is -1.01. The second kappa shape index (κ2) is 5.66. The highest BCUT2D eigenvalue weighted by atomic mass is 32.1. The maximum absolute atomic E-state index is 11.4. The Morgan fingerprint density at radius 1 is 1.79 bits per heavy atom. The number of hydrogen-bond acceptors (Lipinski definition) is 5. The summed E-state index contributed by atoms with van der Waals surface area (Å²) in [6, 6.07) is 0.0664. The topological polar surface area (TPSA) is 75.1 Å². The van der Waals surface area contributed by atoms with E-state index in [1.54, 1.807) is 0 Å². The monoisotopic (exact) mass is 215 g/mol. The van der Waals surface area contributed by atoms with Gasteiger partial charge in [-0.2, -0.15) is 0 Å². The molecule has 0 spiro atoms. The zero-order chi connectivity index (χ0) is 10.4. The molecule has 5 nitrogen and oxygen atoms in total. The van der Waals surface area contributed by atoms with Crippen LogP contribution in [0.1, 0.15) is 29.4 Å². The first-order valence-electron chi connectivity index (χ1n) is 4.43. The van der Waals surface area contributed by atoms with Crippen LogP contribution in [0.2, 0.25) is 0 Å². The summed E-state index contributed by atoms with van der Waals surface area (Å²) in [4.78, 5) is 12.0. The molecule has 2 N–H and O–H groups in total. The zero-order valence-corrected chi connectivity index (χ0v) is 8.75. The van der Waals surface area contributed by atoms with Gasteiger partial charge in [0, 0.05) is 12.6 Å². The maximum Gasteiger partial charge on any atom is 0.264 e. The van der Waals surface area contributed by atoms with Gasteiger partial charge in [-0.05, 0) is 31.3 Å². The third-order valence-corrected chi connectivity index (χ3v) is 2.42. The normalized spacial score (nSPS) is 12.4. The minimum absolute atomic E-state index is 0.0664. The number of aliphatic hydroxyl groups is 1. The van der Waals surface area contributed by atoms with Crippen molar-refractivity contribution in [2.45, 2.75) is 25.8 Å². The molecule has 0 aromatic carbocycles. The predicted molar refractivity (Wildman–Crippen MR) is 53.2 cm³/mol. The van der Waals surface area contributed by atoms with Crippen LogP contribution in [0.3, 0.4) is 0 Å². The summed E-state index contributed by atoms with van der Waals surface area (Å²) >= 11 is 1.07. The maximum atomic E-state index is 11.4. The summed E-state index contributed by atoms with van der Waals surface area (Å²) < 4.78 is 3.60. The van der Waals surface area contributed by atoms with Crippen molar-refractivity contribution in [1.29, 1.82) is 0 Å². The predicted octanol–water partition coefficient (Wildman–Crippen LogP) is 0.429. The Morgan fingerprint density at radius 3 is 3.14 bits per heavy atom. The second-order valence-corrected chi connectivity index (χ2v) is 3.81. The second-order valence-electron chi connectivity index (χ2n) is 3.02. The van der Waals surface area contributed by atoms with Crippen molar-refractivity contribution in [3.63, 3.8) is 0 Å². The molecule has 78 valence electrons. The molecular formula is C8H13N3O2S. The number of carbonyl (C=O) groups is 1. The molecule has 0 saturated heterocycles. The molecular weight excluding hydrogens is 202 g/mol. The molecule has 1 rings (SSSR count). The summed E-state index contributed by atoms with van der Waals surface area (Å²) in [5, 5.41) is 15.0. The highest BCUT2D eigenvalue weighted by Crippen LogP contribution is 2.03. The van der Waals surface area contributed by atoms with Gasteiger partial charge in [0.25, 0.3) is 5.91 Å². The summed E-state index contributed by atoms with van der Waals surface area (Å²) in [5.74, 6) is -0.148. The number of nitrogens with zero attached hydrogens (tertiary/aromatic N) is 2. The SMILES string of the molecule is CC(CCCO)NC(=O)c1cnns1. The molecule has 1 heterocycles. The zero-order valence-electron chi connectivity index (χ0n) is 7.93. The minimum atomic E-state index is -0.148. The average Bonchev–Trinajstić information content (AvgIpc) is 2.67. The van der Waals surface area contributed by atoms with Gasteiger partial charge < -0.3 is 10.4 Å². The number of rotatable bonds is 5. The van der Waals surface area contributed by atoms with Gasteiger partial charge in [-0.15, -0.1) is 5.10 Å². The Kier molecular flexibility index (Phi) is 4.48. The molecule has 0 bridgehead atoms. The van der Waals surface area contributed by atoms with Crippen LogP contribution in [-0.2, 0) is 0 Å². The number of nitrogens with one attached hydrogen (secondary N) is 1. The van der Waals surface area contributed by atoms with Crippen molar-refractivity contribution < 1.29 is 9.90 Å². The van der Waals surface area contributed by atoms with Gasteiger partial charge in [0.2, 0.25) is 0 Å². The number of aromatic nitrogens is 2. The van der Waals surface area contributed by atoms with E-state index >= 15 is 0 Å². The standard InChI is InChI=1S/C8H13N3O2S/c1-6(3-2-4-12)10-8(13)7-5-9-11-14-7/h5-6,12H,2-4H2,1H3,(H,10,13). The molecule has 1 aromatic rings. The molecule has 0 saturated carbocycles. The van der Waals surface area contributed by atoms with Gasteiger partial charge in [-0.25, -0.2) is 0 Å². The fourth-order valence-corrected chi connectivity index (χ4v) is 1.45. The van der Waals surface area contributed by atoms with Crippen LogP contribution in [0.5, 0.6) is 0 Å².